The predicted octanol–water partition coefficient (Wildman–Crippen LogP) is 2.76. The van der Waals surface area contributed by atoms with Crippen molar-refractivity contribution in [2.45, 2.75) is 12.8 Å². The van der Waals surface area contributed by atoms with Crippen molar-refractivity contribution in [2.75, 3.05) is 0 Å². The van der Waals surface area contributed by atoms with E-state index in [0.717, 1.165) is 29.6 Å². The molecule has 0 amide bonds. The van der Waals surface area contributed by atoms with E-state index in [-0.39, 0.29) is 0 Å². The second kappa shape index (κ2) is 3.85. The van der Waals surface area contributed by atoms with Crippen LogP contribution in [0.1, 0.15) is 18.5 Å². The molecular formula is C13H11N3. The Morgan fingerprint density at radius 2 is 2.06 bits per heavy atom. The van der Waals surface area contributed by atoms with Gasteiger partial charge in [0.25, 0.3) is 0 Å². The van der Waals surface area contributed by atoms with Crippen LogP contribution in [0.4, 0.5) is 0 Å². The molecule has 0 bridgehead atoms. The third-order valence-corrected chi connectivity index (χ3v) is 2.68. The van der Waals surface area contributed by atoms with Crippen molar-refractivity contribution in [3.05, 3.63) is 48.6 Å². The molecule has 3 heteroatoms. The summed E-state index contributed by atoms with van der Waals surface area (Å²) >= 11 is 0. The number of hydrogen-bond donors (Lipinski definition) is 0. The molecule has 0 fully saturated rings. The van der Waals surface area contributed by atoms with Gasteiger partial charge in [-0.05, 0) is 30.5 Å². The minimum absolute atomic E-state index is 0.757. The van der Waals surface area contributed by atoms with Crippen molar-refractivity contribution < 1.29 is 0 Å². The lowest BCUT2D eigenvalue weighted by Crippen LogP contribution is -1.94. The molecular weight excluding hydrogens is 198 g/mol. The Morgan fingerprint density at radius 1 is 1.06 bits per heavy atom. The van der Waals surface area contributed by atoms with Crippen molar-refractivity contribution in [3.63, 3.8) is 0 Å². The van der Waals surface area contributed by atoms with Gasteiger partial charge in [0, 0.05) is 11.6 Å². The van der Waals surface area contributed by atoms with E-state index >= 15 is 0 Å². The van der Waals surface area contributed by atoms with Crippen LogP contribution in [0.15, 0.2) is 42.9 Å². The van der Waals surface area contributed by atoms with E-state index in [1.54, 1.807) is 12.5 Å². The summed E-state index contributed by atoms with van der Waals surface area (Å²) in [5, 5.41) is 1.02. The average Bonchev–Trinajstić information content (AvgIpc) is 2.39. The van der Waals surface area contributed by atoms with Gasteiger partial charge in [-0.25, -0.2) is 15.0 Å². The number of rotatable bonds is 1. The highest BCUT2D eigenvalue weighted by atomic mass is 14.9. The van der Waals surface area contributed by atoms with Crippen molar-refractivity contribution in [1.29, 1.82) is 0 Å². The summed E-state index contributed by atoms with van der Waals surface area (Å²) in [4.78, 5) is 12.8. The summed E-state index contributed by atoms with van der Waals surface area (Å²) in [6.45, 7) is 0. The molecule has 2 aromatic heterocycles. The minimum atomic E-state index is 0.757. The largest absolute Gasteiger partial charge is 0.237 e. The van der Waals surface area contributed by atoms with Gasteiger partial charge < -0.3 is 0 Å². The fourth-order valence-electron chi connectivity index (χ4n) is 1.91. The van der Waals surface area contributed by atoms with Crippen LogP contribution in [-0.4, -0.2) is 15.0 Å². The van der Waals surface area contributed by atoms with E-state index in [1.807, 2.05) is 12.1 Å². The molecule has 0 saturated heterocycles. The molecule has 78 valence electrons. The summed E-state index contributed by atoms with van der Waals surface area (Å²) in [5.41, 5.74) is 2.91. The van der Waals surface area contributed by atoms with Crippen molar-refractivity contribution in [1.82, 2.24) is 15.0 Å². The number of allylic oxidation sites excluding steroid dienone is 4. The van der Waals surface area contributed by atoms with Crippen LogP contribution in [-0.2, 0) is 0 Å². The number of aromatic nitrogens is 3. The van der Waals surface area contributed by atoms with Gasteiger partial charge in [-0.1, -0.05) is 18.2 Å². The molecule has 0 radical (unpaired) electrons. The van der Waals surface area contributed by atoms with Gasteiger partial charge in [0.05, 0.1) is 5.69 Å². The fraction of sp³-hybridized carbons (Fsp3) is 0.154. The number of nitrogens with zero attached hydrogens (tertiary/aromatic N) is 3. The first-order valence-electron chi connectivity index (χ1n) is 5.38. The third-order valence-electron chi connectivity index (χ3n) is 2.68. The Hall–Kier alpha value is -2.03. The van der Waals surface area contributed by atoms with E-state index in [0.29, 0.717) is 0 Å². The zero-order chi connectivity index (χ0) is 10.8. The molecule has 0 aromatic carbocycles. The summed E-state index contributed by atoms with van der Waals surface area (Å²) in [6, 6.07) is 3.93. The van der Waals surface area contributed by atoms with Crippen LogP contribution < -0.4 is 0 Å². The number of pyridine rings is 1. The summed E-state index contributed by atoms with van der Waals surface area (Å²) in [5.74, 6) is 0. The van der Waals surface area contributed by atoms with Crippen LogP contribution in [0, 0.1) is 0 Å². The molecule has 3 nitrogen and oxygen atoms in total. The Kier molecular flexibility index (Phi) is 2.22. The second-order valence-corrected chi connectivity index (χ2v) is 3.74. The first-order valence-corrected chi connectivity index (χ1v) is 5.38. The van der Waals surface area contributed by atoms with Crippen molar-refractivity contribution in [3.8, 4) is 0 Å². The van der Waals surface area contributed by atoms with Crippen LogP contribution in [0.25, 0.3) is 16.6 Å². The number of fused-ring (bicyclic) bond motifs is 1. The molecule has 0 atom stereocenters. The van der Waals surface area contributed by atoms with Gasteiger partial charge in [0.15, 0.2) is 5.65 Å². The smallest absolute Gasteiger partial charge is 0.163 e. The molecule has 2 heterocycles. The summed E-state index contributed by atoms with van der Waals surface area (Å²) < 4.78 is 0. The van der Waals surface area contributed by atoms with Gasteiger partial charge in [0.1, 0.15) is 6.33 Å². The Balaban J connectivity index is 2.23. The molecule has 1 aliphatic rings. The third kappa shape index (κ3) is 1.50. The Morgan fingerprint density at radius 3 is 2.94 bits per heavy atom. The monoisotopic (exact) mass is 209 g/mol. The molecule has 0 saturated carbocycles. The van der Waals surface area contributed by atoms with E-state index in [1.165, 1.54) is 5.57 Å². The van der Waals surface area contributed by atoms with Crippen LogP contribution in [0.5, 0.6) is 0 Å². The maximum atomic E-state index is 4.36. The van der Waals surface area contributed by atoms with E-state index in [2.05, 4.69) is 33.2 Å². The fourth-order valence-corrected chi connectivity index (χ4v) is 1.91. The highest BCUT2D eigenvalue weighted by molar-refractivity contribution is 5.90. The van der Waals surface area contributed by atoms with E-state index < -0.39 is 0 Å². The lowest BCUT2D eigenvalue weighted by molar-refractivity contribution is 1.04. The molecule has 16 heavy (non-hydrogen) atoms. The molecule has 1 aliphatic carbocycles. The predicted molar refractivity (Wildman–Crippen MR) is 63.7 cm³/mol. The Bertz CT molecular complexity index is 579. The van der Waals surface area contributed by atoms with Gasteiger partial charge >= 0.3 is 0 Å². The topological polar surface area (TPSA) is 38.7 Å². The molecule has 0 N–H and O–H groups in total. The number of hydrogen-bond acceptors (Lipinski definition) is 3. The molecule has 0 spiro atoms. The normalized spacial score (nSPS) is 15.1. The van der Waals surface area contributed by atoms with Crippen molar-refractivity contribution in [2.24, 2.45) is 0 Å². The van der Waals surface area contributed by atoms with Crippen LogP contribution in [0.2, 0.25) is 0 Å². The zero-order valence-electron chi connectivity index (χ0n) is 8.80. The molecule has 3 rings (SSSR count). The highest BCUT2D eigenvalue weighted by Gasteiger charge is 2.08. The van der Waals surface area contributed by atoms with Crippen LogP contribution >= 0.6 is 0 Å². The van der Waals surface area contributed by atoms with Gasteiger partial charge in [0.2, 0.25) is 0 Å². The Labute approximate surface area is 93.6 Å². The van der Waals surface area contributed by atoms with E-state index in [4.69, 9.17) is 0 Å². The van der Waals surface area contributed by atoms with Crippen molar-refractivity contribution >= 4 is 16.6 Å². The highest BCUT2D eigenvalue weighted by Crippen LogP contribution is 2.24. The first kappa shape index (κ1) is 9.21. The minimum Gasteiger partial charge on any atom is -0.237 e. The lowest BCUT2D eigenvalue weighted by atomic mass is 10.0. The molecule has 0 aliphatic heterocycles. The quantitative estimate of drug-likeness (QED) is 0.724. The van der Waals surface area contributed by atoms with E-state index in [9.17, 15) is 0 Å². The second-order valence-electron chi connectivity index (χ2n) is 3.74. The van der Waals surface area contributed by atoms with Crippen LogP contribution in [0.3, 0.4) is 0 Å². The maximum absolute atomic E-state index is 4.36. The maximum Gasteiger partial charge on any atom is 0.163 e. The lowest BCUT2D eigenvalue weighted by Gasteiger charge is -2.08. The molecule has 2 aromatic rings. The first-order chi connectivity index (χ1) is 7.95. The standard InChI is InChI=1S/C13H11N3/c1-2-5-10(6-3-1)12-11-7-4-8-14-13(11)16-9-15-12/h2,4-9H,1,3H2. The average molecular weight is 209 g/mol. The zero-order valence-corrected chi connectivity index (χ0v) is 8.80. The summed E-state index contributed by atoms with van der Waals surface area (Å²) in [6.07, 6.45) is 12.0. The molecule has 0 unspecified atom stereocenters. The SMILES string of the molecule is C1=CC(c2ncnc3ncccc23)=CCC1. The van der Waals surface area contributed by atoms with Gasteiger partial charge in [-0.15, -0.1) is 0 Å². The van der Waals surface area contributed by atoms with Gasteiger partial charge in [-0.3, -0.25) is 0 Å². The van der Waals surface area contributed by atoms with Gasteiger partial charge in [-0.2, -0.15) is 0 Å². The summed E-state index contributed by atoms with van der Waals surface area (Å²) in [7, 11) is 0.